The minimum absolute atomic E-state index is 0.214. The van der Waals surface area contributed by atoms with Crippen LogP contribution in [-0.2, 0) is 0 Å². The number of hydrogen-bond acceptors (Lipinski definition) is 1. The van der Waals surface area contributed by atoms with Crippen molar-refractivity contribution in [3.8, 4) is 17.6 Å². The molecule has 0 aliphatic carbocycles. The van der Waals surface area contributed by atoms with E-state index in [4.69, 9.17) is 0 Å². The van der Waals surface area contributed by atoms with Crippen molar-refractivity contribution in [1.82, 2.24) is 0 Å². The van der Waals surface area contributed by atoms with E-state index in [2.05, 4.69) is 48.4 Å². The average molecular weight is 372 g/mol. The summed E-state index contributed by atoms with van der Waals surface area (Å²) in [6, 6.07) is 4.33. The summed E-state index contributed by atoms with van der Waals surface area (Å²) in [6.45, 7) is 0. The fraction of sp³-hybridized carbons (Fsp3) is 0.273. The minimum atomic E-state index is -4.72. The Bertz CT molecular complexity index is 446. The first-order valence-electron chi connectivity index (χ1n) is 4.52. The number of rotatable bonds is 2. The van der Waals surface area contributed by atoms with Crippen LogP contribution in [0.4, 0.5) is 13.2 Å². The molecule has 0 saturated heterocycles. The average Bonchev–Trinajstić information content (AvgIpc) is 2.19. The molecule has 17 heavy (non-hydrogen) atoms. The monoisotopic (exact) mass is 370 g/mol. The lowest BCUT2D eigenvalue weighted by atomic mass is 10.2. The molecular formula is C11H7Br2F3O. The van der Waals surface area contributed by atoms with E-state index in [9.17, 15) is 13.2 Å². The molecule has 6 heteroatoms. The van der Waals surface area contributed by atoms with E-state index in [1.807, 2.05) is 0 Å². The van der Waals surface area contributed by atoms with Gasteiger partial charge < -0.3 is 4.74 Å². The van der Waals surface area contributed by atoms with Gasteiger partial charge in [-0.05, 0) is 18.2 Å². The van der Waals surface area contributed by atoms with Gasteiger partial charge in [0.2, 0.25) is 0 Å². The van der Waals surface area contributed by atoms with Gasteiger partial charge in [-0.2, -0.15) is 0 Å². The van der Waals surface area contributed by atoms with Crippen molar-refractivity contribution in [2.75, 3.05) is 5.33 Å². The zero-order valence-corrected chi connectivity index (χ0v) is 11.6. The van der Waals surface area contributed by atoms with Crippen LogP contribution in [-0.4, -0.2) is 11.7 Å². The summed E-state index contributed by atoms with van der Waals surface area (Å²) < 4.78 is 40.8. The van der Waals surface area contributed by atoms with Gasteiger partial charge in [0, 0.05) is 16.2 Å². The van der Waals surface area contributed by atoms with Crippen molar-refractivity contribution in [3.05, 3.63) is 28.2 Å². The predicted octanol–water partition coefficient (Wildman–Crippen LogP) is 4.48. The van der Waals surface area contributed by atoms with Crippen LogP contribution in [0.3, 0.4) is 0 Å². The molecule has 0 bridgehead atoms. The van der Waals surface area contributed by atoms with E-state index < -0.39 is 6.36 Å². The van der Waals surface area contributed by atoms with Crippen LogP contribution >= 0.6 is 31.9 Å². The predicted molar refractivity (Wildman–Crippen MR) is 66.1 cm³/mol. The number of benzene rings is 1. The maximum atomic E-state index is 12.1. The van der Waals surface area contributed by atoms with Gasteiger partial charge in [-0.1, -0.05) is 43.7 Å². The molecule has 0 spiro atoms. The molecule has 0 heterocycles. The smallest absolute Gasteiger partial charge is 0.404 e. The summed E-state index contributed by atoms with van der Waals surface area (Å²) in [6.07, 6.45) is -4.16. The maximum Gasteiger partial charge on any atom is 0.573 e. The van der Waals surface area contributed by atoms with E-state index >= 15 is 0 Å². The second kappa shape index (κ2) is 6.31. The Morgan fingerprint density at radius 3 is 2.59 bits per heavy atom. The Balaban J connectivity index is 3.01. The highest BCUT2D eigenvalue weighted by Crippen LogP contribution is 2.28. The van der Waals surface area contributed by atoms with Crippen LogP contribution in [0.1, 0.15) is 12.0 Å². The lowest BCUT2D eigenvalue weighted by molar-refractivity contribution is -0.274. The quantitative estimate of drug-likeness (QED) is 0.550. The summed E-state index contributed by atoms with van der Waals surface area (Å²) in [4.78, 5) is 0. The van der Waals surface area contributed by atoms with E-state index in [0.717, 1.165) is 0 Å². The third-order valence-corrected chi connectivity index (χ3v) is 2.50. The van der Waals surface area contributed by atoms with Crippen LogP contribution in [0.15, 0.2) is 22.7 Å². The molecule has 1 aromatic carbocycles. The second-order valence-corrected chi connectivity index (χ2v) is 4.64. The van der Waals surface area contributed by atoms with Crippen molar-refractivity contribution in [2.45, 2.75) is 12.8 Å². The molecular weight excluding hydrogens is 365 g/mol. The number of halogens is 5. The number of alkyl halides is 4. The summed E-state index contributed by atoms with van der Waals surface area (Å²) >= 11 is 6.26. The van der Waals surface area contributed by atoms with E-state index in [-0.39, 0.29) is 11.3 Å². The Labute approximate surface area is 114 Å². The largest absolute Gasteiger partial charge is 0.573 e. The summed E-state index contributed by atoms with van der Waals surface area (Å²) in [5, 5.41) is 0.673. The minimum Gasteiger partial charge on any atom is -0.404 e. The Hall–Kier alpha value is -0.670. The summed E-state index contributed by atoms with van der Waals surface area (Å²) in [7, 11) is 0. The first kappa shape index (κ1) is 14.4. The van der Waals surface area contributed by atoms with Crippen molar-refractivity contribution in [3.63, 3.8) is 0 Å². The number of hydrogen-bond donors (Lipinski definition) is 0. The zero-order chi connectivity index (χ0) is 12.9. The fourth-order valence-electron chi connectivity index (χ4n) is 1.01. The van der Waals surface area contributed by atoms with Gasteiger partial charge in [0.15, 0.2) is 0 Å². The van der Waals surface area contributed by atoms with Crippen LogP contribution < -0.4 is 4.74 Å². The molecule has 0 saturated carbocycles. The zero-order valence-electron chi connectivity index (χ0n) is 8.44. The van der Waals surface area contributed by atoms with Gasteiger partial charge in [-0.15, -0.1) is 13.2 Å². The van der Waals surface area contributed by atoms with Gasteiger partial charge in [0.05, 0.1) is 5.56 Å². The molecule has 92 valence electrons. The highest BCUT2D eigenvalue weighted by atomic mass is 79.9. The van der Waals surface area contributed by atoms with Gasteiger partial charge in [-0.3, -0.25) is 0 Å². The van der Waals surface area contributed by atoms with Crippen molar-refractivity contribution in [1.29, 1.82) is 0 Å². The highest BCUT2D eigenvalue weighted by molar-refractivity contribution is 9.10. The molecule has 1 aromatic rings. The Morgan fingerprint density at radius 2 is 2.00 bits per heavy atom. The third-order valence-electron chi connectivity index (χ3n) is 1.61. The first-order valence-corrected chi connectivity index (χ1v) is 6.44. The van der Waals surface area contributed by atoms with Crippen LogP contribution in [0.25, 0.3) is 0 Å². The molecule has 1 nitrogen and oxygen atoms in total. The molecule has 0 aliphatic heterocycles. The van der Waals surface area contributed by atoms with Crippen LogP contribution in [0, 0.1) is 11.8 Å². The second-order valence-electron chi connectivity index (χ2n) is 2.93. The van der Waals surface area contributed by atoms with Crippen molar-refractivity contribution in [2.24, 2.45) is 0 Å². The van der Waals surface area contributed by atoms with Gasteiger partial charge >= 0.3 is 6.36 Å². The van der Waals surface area contributed by atoms with Gasteiger partial charge in [-0.25, -0.2) is 0 Å². The molecule has 0 unspecified atom stereocenters. The topological polar surface area (TPSA) is 9.23 Å². The third kappa shape index (κ3) is 5.46. The van der Waals surface area contributed by atoms with Crippen molar-refractivity contribution >= 4 is 31.9 Å². The highest BCUT2D eigenvalue weighted by Gasteiger charge is 2.32. The molecule has 0 aliphatic rings. The van der Waals surface area contributed by atoms with E-state index in [1.54, 1.807) is 6.07 Å². The lowest BCUT2D eigenvalue weighted by Crippen LogP contribution is -2.17. The summed E-state index contributed by atoms with van der Waals surface area (Å²) in [5.74, 6) is 5.08. The summed E-state index contributed by atoms with van der Waals surface area (Å²) in [5.41, 5.74) is 0.214. The van der Waals surface area contributed by atoms with Gasteiger partial charge in [0.25, 0.3) is 0 Å². The molecule has 0 aromatic heterocycles. The molecule has 0 fully saturated rings. The Morgan fingerprint density at radius 1 is 1.29 bits per heavy atom. The fourth-order valence-corrected chi connectivity index (χ4v) is 1.55. The van der Waals surface area contributed by atoms with Crippen LogP contribution in [0.2, 0.25) is 0 Å². The van der Waals surface area contributed by atoms with Crippen molar-refractivity contribution < 1.29 is 17.9 Å². The normalized spacial score (nSPS) is 10.6. The molecule has 0 N–H and O–H groups in total. The molecule has 0 radical (unpaired) electrons. The molecule has 1 rings (SSSR count). The Kier molecular flexibility index (Phi) is 5.34. The van der Waals surface area contributed by atoms with E-state index in [0.29, 0.717) is 16.2 Å². The van der Waals surface area contributed by atoms with Crippen LogP contribution in [0.5, 0.6) is 5.75 Å². The standard InChI is InChI=1S/C11H7Br2F3O/c12-6-2-1-3-8-4-5-9(13)7-10(8)17-11(14,15)16/h4-5,7H,2,6H2. The first-order chi connectivity index (χ1) is 7.92. The molecule has 0 atom stereocenters. The lowest BCUT2D eigenvalue weighted by Gasteiger charge is -2.10. The molecule has 0 amide bonds. The van der Waals surface area contributed by atoms with Gasteiger partial charge in [0.1, 0.15) is 5.75 Å². The number of ether oxygens (including phenoxy) is 1. The maximum absolute atomic E-state index is 12.1. The van der Waals surface area contributed by atoms with E-state index in [1.165, 1.54) is 12.1 Å². The SMILES string of the molecule is FC(F)(F)Oc1cc(Br)ccc1C#CCCBr.